The maximum atomic E-state index is 12.2. The number of sulfonamides is 2. The van der Waals surface area contributed by atoms with Crippen molar-refractivity contribution in [2.45, 2.75) is 29.3 Å². The van der Waals surface area contributed by atoms with E-state index in [4.69, 9.17) is 21.5 Å². The quantitative estimate of drug-likeness (QED) is 0.619. The summed E-state index contributed by atoms with van der Waals surface area (Å²) in [5, 5.41) is 7.52. The molecular formula is C11H14ClN3O6S2. The molecule has 2 rings (SSSR count). The fraction of sp³-hybridized carbons (Fsp3) is 0.364. The molecule has 1 heterocycles. The van der Waals surface area contributed by atoms with Crippen LogP contribution in [0.4, 0.5) is 5.69 Å². The summed E-state index contributed by atoms with van der Waals surface area (Å²) in [5.41, 5.74) is 0.0652. The van der Waals surface area contributed by atoms with Crippen molar-refractivity contribution in [3.8, 4) is 0 Å². The average Bonchev–Trinajstić information content (AvgIpc) is 2.35. The number of benzene rings is 1. The van der Waals surface area contributed by atoms with E-state index < -0.39 is 37.1 Å². The van der Waals surface area contributed by atoms with Crippen LogP contribution in [0.15, 0.2) is 21.9 Å². The minimum absolute atomic E-state index is 0.0652. The van der Waals surface area contributed by atoms with E-state index in [1.807, 2.05) is 0 Å². The van der Waals surface area contributed by atoms with Gasteiger partial charge in [0.1, 0.15) is 16.0 Å². The molecule has 1 aliphatic heterocycles. The van der Waals surface area contributed by atoms with E-state index in [2.05, 4.69) is 10.0 Å². The van der Waals surface area contributed by atoms with Gasteiger partial charge in [0.2, 0.25) is 20.0 Å². The third-order valence-electron chi connectivity index (χ3n) is 2.93. The molecule has 0 spiro atoms. The topological polar surface area (TPSA) is 145 Å². The molecule has 0 aliphatic carbocycles. The van der Waals surface area contributed by atoms with Gasteiger partial charge < -0.3 is 10.1 Å². The van der Waals surface area contributed by atoms with Crippen LogP contribution in [0.2, 0.25) is 5.02 Å². The molecule has 128 valence electrons. The van der Waals surface area contributed by atoms with E-state index in [0.29, 0.717) is 0 Å². The van der Waals surface area contributed by atoms with Crippen molar-refractivity contribution in [1.29, 1.82) is 0 Å². The lowest BCUT2D eigenvalue weighted by Crippen LogP contribution is -2.46. The molecule has 4 N–H and O–H groups in total. The van der Waals surface area contributed by atoms with E-state index in [-0.39, 0.29) is 28.6 Å². The Hall–Kier alpha value is -1.40. The molecule has 0 saturated heterocycles. The molecular weight excluding hydrogens is 370 g/mol. The smallest absolute Gasteiger partial charge is 0.309 e. The van der Waals surface area contributed by atoms with Crippen molar-refractivity contribution in [1.82, 2.24) is 4.72 Å². The van der Waals surface area contributed by atoms with E-state index in [9.17, 15) is 21.6 Å². The van der Waals surface area contributed by atoms with E-state index in [1.165, 1.54) is 0 Å². The zero-order valence-corrected chi connectivity index (χ0v) is 14.3. The van der Waals surface area contributed by atoms with Gasteiger partial charge in [-0.1, -0.05) is 11.6 Å². The zero-order valence-electron chi connectivity index (χ0n) is 11.9. The molecule has 0 aromatic heterocycles. The third kappa shape index (κ3) is 3.93. The maximum absolute atomic E-state index is 12.2. The summed E-state index contributed by atoms with van der Waals surface area (Å²) in [6.45, 7) is 1.79. The molecule has 0 amide bonds. The standard InChI is InChI=1S/C11H14ClN3O6S2/c1-2-21-11(16)5-10-14-7-3-6(12)8(22(13,17)18)4-9(7)23(19,20)15-10/h3-4,10,14-15H,2,5H2,1H3,(H2,13,17,18). The summed E-state index contributed by atoms with van der Waals surface area (Å²) < 4.78 is 54.3. The molecule has 0 saturated carbocycles. The first-order valence-corrected chi connectivity index (χ1v) is 9.76. The Labute approximate surface area is 138 Å². The summed E-state index contributed by atoms with van der Waals surface area (Å²) in [5.74, 6) is -0.594. The summed E-state index contributed by atoms with van der Waals surface area (Å²) >= 11 is 5.84. The Morgan fingerprint density at radius 1 is 1.43 bits per heavy atom. The molecule has 1 aromatic carbocycles. The van der Waals surface area contributed by atoms with Crippen LogP contribution in [0.25, 0.3) is 0 Å². The van der Waals surface area contributed by atoms with Crippen LogP contribution < -0.4 is 15.2 Å². The second-order valence-corrected chi connectivity index (χ2v) is 8.27. The van der Waals surface area contributed by atoms with Gasteiger partial charge in [-0.2, -0.15) is 4.72 Å². The summed E-state index contributed by atoms with van der Waals surface area (Å²) in [7, 11) is -8.23. The van der Waals surface area contributed by atoms with Crippen LogP contribution >= 0.6 is 11.6 Å². The molecule has 23 heavy (non-hydrogen) atoms. The van der Waals surface area contributed by atoms with Crippen molar-refractivity contribution >= 4 is 43.3 Å². The molecule has 0 bridgehead atoms. The number of halogens is 1. The number of hydrogen-bond donors (Lipinski definition) is 3. The predicted molar refractivity (Wildman–Crippen MR) is 81.8 cm³/mol. The number of primary sulfonamides is 1. The first-order chi connectivity index (χ1) is 10.5. The number of hydrogen-bond acceptors (Lipinski definition) is 7. The normalized spacial score (nSPS) is 19.5. The van der Waals surface area contributed by atoms with Crippen molar-refractivity contribution in [3.63, 3.8) is 0 Å². The predicted octanol–water partition coefficient (Wildman–Crippen LogP) is -0.0295. The number of rotatable bonds is 4. The molecule has 9 nitrogen and oxygen atoms in total. The SMILES string of the molecule is CCOC(=O)CC1Nc2cc(Cl)c(S(N)(=O)=O)cc2S(=O)(=O)N1. The minimum atomic E-state index is -4.18. The number of anilines is 1. The Morgan fingerprint density at radius 3 is 2.65 bits per heavy atom. The molecule has 1 aromatic rings. The molecule has 1 atom stereocenters. The number of nitrogens with one attached hydrogen (secondary N) is 2. The highest BCUT2D eigenvalue weighted by Gasteiger charge is 2.33. The summed E-state index contributed by atoms with van der Waals surface area (Å²) in [6, 6.07) is 2.00. The highest BCUT2D eigenvalue weighted by Crippen LogP contribution is 2.33. The average molecular weight is 384 g/mol. The van der Waals surface area contributed by atoms with E-state index in [1.54, 1.807) is 6.92 Å². The van der Waals surface area contributed by atoms with Gasteiger partial charge in [0.15, 0.2) is 0 Å². The van der Waals surface area contributed by atoms with Gasteiger partial charge in [0.25, 0.3) is 0 Å². The number of carbonyl (C=O) groups excluding carboxylic acids is 1. The number of ether oxygens (including phenoxy) is 1. The summed E-state index contributed by atoms with van der Waals surface area (Å²) in [6.07, 6.45) is -1.19. The van der Waals surface area contributed by atoms with Crippen LogP contribution in [-0.2, 0) is 29.6 Å². The van der Waals surface area contributed by atoms with Gasteiger partial charge in [-0.05, 0) is 19.1 Å². The summed E-state index contributed by atoms with van der Waals surface area (Å²) in [4.78, 5) is 10.6. The zero-order chi connectivity index (χ0) is 17.4. The number of nitrogens with two attached hydrogens (primary N) is 1. The van der Waals surface area contributed by atoms with Crippen molar-refractivity contribution in [2.75, 3.05) is 11.9 Å². The van der Waals surface area contributed by atoms with Gasteiger partial charge in [-0.3, -0.25) is 4.79 Å². The molecule has 1 aliphatic rings. The lowest BCUT2D eigenvalue weighted by molar-refractivity contribution is -0.143. The number of esters is 1. The van der Waals surface area contributed by atoms with Crippen LogP contribution in [0, 0.1) is 0 Å². The highest BCUT2D eigenvalue weighted by molar-refractivity contribution is 7.90. The largest absolute Gasteiger partial charge is 0.466 e. The molecule has 12 heteroatoms. The van der Waals surface area contributed by atoms with E-state index >= 15 is 0 Å². The van der Waals surface area contributed by atoms with Crippen molar-refractivity contribution in [3.05, 3.63) is 17.2 Å². The maximum Gasteiger partial charge on any atom is 0.309 e. The van der Waals surface area contributed by atoms with Crippen LogP contribution in [0.1, 0.15) is 13.3 Å². The Bertz CT molecular complexity index is 853. The Morgan fingerprint density at radius 2 is 2.09 bits per heavy atom. The first-order valence-electron chi connectivity index (χ1n) is 6.35. The van der Waals surface area contributed by atoms with Gasteiger partial charge in [-0.15, -0.1) is 0 Å². The molecule has 1 unspecified atom stereocenters. The van der Waals surface area contributed by atoms with Gasteiger partial charge in [0, 0.05) is 0 Å². The van der Waals surface area contributed by atoms with Crippen molar-refractivity contribution in [2.24, 2.45) is 5.14 Å². The number of fused-ring (bicyclic) bond motifs is 1. The minimum Gasteiger partial charge on any atom is -0.466 e. The Kier molecular flexibility index (Phi) is 4.87. The Balaban J connectivity index is 2.43. The van der Waals surface area contributed by atoms with Gasteiger partial charge in [0.05, 0.1) is 23.7 Å². The van der Waals surface area contributed by atoms with Crippen LogP contribution in [0.5, 0.6) is 0 Å². The second kappa shape index (κ2) is 6.24. The fourth-order valence-electron chi connectivity index (χ4n) is 2.04. The van der Waals surface area contributed by atoms with Crippen LogP contribution in [-0.4, -0.2) is 35.6 Å². The molecule has 0 fully saturated rings. The monoisotopic (exact) mass is 383 g/mol. The first kappa shape index (κ1) is 17.9. The fourth-order valence-corrected chi connectivity index (χ4v) is 4.53. The van der Waals surface area contributed by atoms with Crippen LogP contribution in [0.3, 0.4) is 0 Å². The lowest BCUT2D eigenvalue weighted by atomic mass is 10.2. The third-order valence-corrected chi connectivity index (χ3v) is 5.82. The lowest BCUT2D eigenvalue weighted by Gasteiger charge is -2.28. The second-order valence-electron chi connectivity index (χ2n) is 4.65. The highest BCUT2D eigenvalue weighted by atomic mass is 35.5. The van der Waals surface area contributed by atoms with E-state index in [0.717, 1.165) is 12.1 Å². The van der Waals surface area contributed by atoms with Crippen molar-refractivity contribution < 1.29 is 26.4 Å². The van der Waals surface area contributed by atoms with Gasteiger partial charge >= 0.3 is 5.97 Å². The molecule has 0 radical (unpaired) electrons. The number of carbonyl (C=O) groups is 1. The van der Waals surface area contributed by atoms with Gasteiger partial charge in [-0.25, -0.2) is 22.0 Å².